The highest BCUT2D eigenvalue weighted by atomic mass is 16.6. The van der Waals surface area contributed by atoms with Crippen LogP contribution in [0.4, 0.5) is 21.9 Å². The van der Waals surface area contributed by atoms with Crippen LogP contribution >= 0.6 is 0 Å². The molecule has 0 saturated carbocycles. The van der Waals surface area contributed by atoms with Gasteiger partial charge >= 0.3 is 6.09 Å². The average molecular weight is 469 g/mol. The summed E-state index contributed by atoms with van der Waals surface area (Å²) in [5, 5.41) is 3.49. The molecule has 0 radical (unpaired) electrons. The maximum atomic E-state index is 13.5. The third-order valence-corrected chi connectivity index (χ3v) is 6.24. The van der Waals surface area contributed by atoms with Gasteiger partial charge in [0.25, 0.3) is 0 Å². The number of aryl methyl sites for hydroxylation is 1. The lowest BCUT2D eigenvalue weighted by molar-refractivity contribution is 0.0577. The molecule has 2 aromatic rings. The third-order valence-electron chi connectivity index (χ3n) is 6.24. The van der Waals surface area contributed by atoms with Gasteiger partial charge in [0, 0.05) is 53.9 Å². The molecule has 1 aromatic heterocycles. The number of morpholine rings is 1. The average Bonchev–Trinajstić information content (AvgIpc) is 3.26. The number of methoxy groups -OCH3 is 1. The Kier molecular flexibility index (Phi) is 6.89. The minimum absolute atomic E-state index is 0.277. The molecule has 3 heterocycles. The summed E-state index contributed by atoms with van der Waals surface area (Å²) in [6.07, 6.45) is 2.35. The highest BCUT2D eigenvalue weighted by Crippen LogP contribution is 2.38. The Morgan fingerprint density at radius 3 is 2.65 bits per heavy atom. The van der Waals surface area contributed by atoms with Gasteiger partial charge in [-0.3, -0.25) is 9.88 Å². The van der Waals surface area contributed by atoms with Crippen LogP contribution in [-0.4, -0.2) is 56.6 Å². The van der Waals surface area contributed by atoms with E-state index < -0.39 is 11.7 Å². The van der Waals surface area contributed by atoms with E-state index in [1.54, 1.807) is 18.2 Å². The van der Waals surface area contributed by atoms with Gasteiger partial charge in [-0.15, -0.1) is 0 Å². The van der Waals surface area contributed by atoms with E-state index in [4.69, 9.17) is 14.2 Å². The number of ether oxygens (including phenoxy) is 3. The largest absolute Gasteiger partial charge is 0.496 e. The van der Waals surface area contributed by atoms with Gasteiger partial charge in [0.2, 0.25) is 0 Å². The summed E-state index contributed by atoms with van der Waals surface area (Å²) >= 11 is 0. The van der Waals surface area contributed by atoms with Gasteiger partial charge in [-0.25, -0.2) is 4.79 Å². The Morgan fingerprint density at radius 2 is 1.97 bits per heavy atom. The van der Waals surface area contributed by atoms with Crippen LogP contribution in [0.25, 0.3) is 0 Å². The third kappa shape index (κ3) is 5.06. The molecule has 0 spiro atoms. The number of aromatic nitrogens is 1. The lowest BCUT2D eigenvalue weighted by Gasteiger charge is -2.33. The van der Waals surface area contributed by atoms with E-state index in [0.717, 1.165) is 65.7 Å². The second-order valence-corrected chi connectivity index (χ2v) is 9.88. The zero-order valence-electron chi connectivity index (χ0n) is 21.2. The van der Waals surface area contributed by atoms with E-state index in [9.17, 15) is 4.79 Å². The van der Waals surface area contributed by atoms with Crippen LogP contribution in [0.15, 0.2) is 18.3 Å². The maximum Gasteiger partial charge on any atom is 0.415 e. The Labute approximate surface area is 202 Å². The number of nitrogens with zero attached hydrogens (tertiary/aromatic N) is 3. The molecular formula is C26H36N4O4. The standard InChI is InChI=1S/C26H36N4O4/c1-17-15-28-22(18(2)24(17)32-6)16-30(25(31)34-26(3,4)5)19-13-21-20(7-8-27-21)23(14-19)29-9-11-33-12-10-29/h13-15,27H,7-12,16H2,1-6H3. The van der Waals surface area contributed by atoms with Crippen LogP contribution in [0.1, 0.15) is 43.2 Å². The fraction of sp³-hybridized carbons (Fsp3) is 0.538. The van der Waals surface area contributed by atoms with Crippen molar-refractivity contribution < 1.29 is 19.0 Å². The van der Waals surface area contributed by atoms with Crippen molar-refractivity contribution in [3.63, 3.8) is 0 Å². The molecule has 1 saturated heterocycles. The number of anilines is 3. The van der Waals surface area contributed by atoms with Crippen molar-refractivity contribution in [3.05, 3.63) is 40.7 Å². The number of nitrogens with one attached hydrogen (secondary N) is 1. The van der Waals surface area contributed by atoms with Crippen LogP contribution in [0, 0.1) is 13.8 Å². The minimum atomic E-state index is -0.620. The lowest BCUT2D eigenvalue weighted by Crippen LogP contribution is -2.38. The molecule has 1 N–H and O–H groups in total. The smallest absolute Gasteiger partial charge is 0.415 e. The Bertz CT molecular complexity index is 1060. The van der Waals surface area contributed by atoms with E-state index in [-0.39, 0.29) is 6.54 Å². The first kappa shape index (κ1) is 24.1. The second kappa shape index (κ2) is 9.70. The molecule has 0 bridgehead atoms. The van der Waals surface area contributed by atoms with E-state index in [1.807, 2.05) is 34.6 Å². The number of rotatable bonds is 5. The molecular weight excluding hydrogens is 432 g/mol. The van der Waals surface area contributed by atoms with Gasteiger partial charge in [-0.2, -0.15) is 0 Å². The van der Waals surface area contributed by atoms with Crippen molar-refractivity contribution in [1.82, 2.24) is 4.98 Å². The van der Waals surface area contributed by atoms with E-state index in [0.29, 0.717) is 13.2 Å². The van der Waals surface area contributed by atoms with Gasteiger partial charge in [-0.1, -0.05) is 0 Å². The second-order valence-electron chi connectivity index (χ2n) is 9.88. The fourth-order valence-corrected chi connectivity index (χ4v) is 4.59. The highest BCUT2D eigenvalue weighted by Gasteiger charge is 2.29. The van der Waals surface area contributed by atoms with Gasteiger partial charge in [0.1, 0.15) is 11.4 Å². The monoisotopic (exact) mass is 468 g/mol. The quantitative estimate of drug-likeness (QED) is 0.695. The number of pyridine rings is 1. The maximum absolute atomic E-state index is 13.5. The molecule has 4 rings (SSSR count). The number of hydrogen-bond donors (Lipinski definition) is 1. The van der Waals surface area contributed by atoms with Gasteiger partial charge in [0.05, 0.1) is 38.2 Å². The minimum Gasteiger partial charge on any atom is -0.496 e. The van der Waals surface area contributed by atoms with E-state index >= 15 is 0 Å². The van der Waals surface area contributed by atoms with Crippen LogP contribution in [0.3, 0.4) is 0 Å². The van der Waals surface area contributed by atoms with Gasteiger partial charge in [-0.05, 0) is 53.2 Å². The summed E-state index contributed by atoms with van der Waals surface area (Å²) in [6.45, 7) is 13.8. The SMILES string of the molecule is COc1c(C)cnc(CN(C(=O)OC(C)(C)C)c2cc3c(c(N4CCOCC4)c2)CCN3)c1C. The summed E-state index contributed by atoms with van der Waals surface area (Å²) in [5.74, 6) is 0.791. The molecule has 0 aliphatic carbocycles. The van der Waals surface area contributed by atoms with E-state index in [1.165, 1.54) is 5.56 Å². The van der Waals surface area contributed by atoms with Crippen LogP contribution in [-0.2, 0) is 22.4 Å². The molecule has 34 heavy (non-hydrogen) atoms. The van der Waals surface area contributed by atoms with Crippen molar-refractivity contribution >= 4 is 23.2 Å². The Hall–Kier alpha value is -3.00. The van der Waals surface area contributed by atoms with Crippen LogP contribution in [0.5, 0.6) is 5.75 Å². The topological polar surface area (TPSA) is 76.2 Å². The Balaban J connectivity index is 1.77. The first-order chi connectivity index (χ1) is 16.2. The van der Waals surface area contributed by atoms with Crippen molar-refractivity contribution in [3.8, 4) is 5.75 Å². The highest BCUT2D eigenvalue weighted by molar-refractivity contribution is 5.91. The molecule has 2 aliphatic heterocycles. The molecule has 8 heteroatoms. The summed E-state index contributed by atoms with van der Waals surface area (Å²) < 4.78 is 17.0. The number of carbonyl (C=O) groups is 1. The number of carbonyl (C=O) groups excluding carboxylic acids is 1. The normalized spacial score (nSPS) is 15.5. The Morgan fingerprint density at radius 1 is 1.24 bits per heavy atom. The predicted octanol–water partition coefficient (Wildman–Crippen LogP) is 4.45. The summed E-state index contributed by atoms with van der Waals surface area (Å²) in [6, 6.07) is 4.17. The zero-order valence-corrected chi connectivity index (χ0v) is 21.2. The molecule has 2 aliphatic rings. The summed E-state index contributed by atoms with van der Waals surface area (Å²) in [5.41, 5.74) is 6.33. The summed E-state index contributed by atoms with van der Waals surface area (Å²) in [4.78, 5) is 22.1. The van der Waals surface area contributed by atoms with Crippen molar-refractivity contribution in [1.29, 1.82) is 0 Å². The van der Waals surface area contributed by atoms with Gasteiger partial charge in [0.15, 0.2) is 0 Å². The van der Waals surface area contributed by atoms with Crippen molar-refractivity contribution in [2.75, 3.05) is 55.1 Å². The molecule has 0 unspecified atom stereocenters. The molecule has 8 nitrogen and oxygen atoms in total. The first-order valence-corrected chi connectivity index (χ1v) is 11.9. The van der Waals surface area contributed by atoms with Crippen LogP contribution < -0.4 is 19.9 Å². The zero-order chi connectivity index (χ0) is 24.5. The van der Waals surface area contributed by atoms with Crippen LogP contribution in [0.2, 0.25) is 0 Å². The fourth-order valence-electron chi connectivity index (χ4n) is 4.59. The predicted molar refractivity (Wildman–Crippen MR) is 134 cm³/mol. The molecule has 1 amide bonds. The molecule has 0 atom stereocenters. The molecule has 184 valence electrons. The number of benzene rings is 1. The first-order valence-electron chi connectivity index (χ1n) is 11.9. The molecule has 1 aromatic carbocycles. The van der Waals surface area contributed by atoms with Crippen molar-refractivity contribution in [2.24, 2.45) is 0 Å². The lowest BCUT2D eigenvalue weighted by atomic mass is 10.1. The van der Waals surface area contributed by atoms with Crippen molar-refractivity contribution in [2.45, 2.75) is 53.2 Å². The molecule has 1 fully saturated rings. The van der Waals surface area contributed by atoms with E-state index in [2.05, 4.69) is 27.3 Å². The van der Waals surface area contributed by atoms with Gasteiger partial charge < -0.3 is 24.4 Å². The summed E-state index contributed by atoms with van der Waals surface area (Å²) in [7, 11) is 1.66. The number of amides is 1. The number of hydrogen-bond acceptors (Lipinski definition) is 7. The number of fused-ring (bicyclic) bond motifs is 1.